The number of aryl methyl sites for hydroxylation is 1. The molecule has 0 fully saturated rings. The second-order valence-electron chi connectivity index (χ2n) is 4.71. The first-order chi connectivity index (χ1) is 10.1. The van der Waals surface area contributed by atoms with E-state index in [2.05, 4.69) is 22.5 Å². The van der Waals surface area contributed by atoms with E-state index in [4.69, 9.17) is 5.11 Å². The number of amides is 1. The van der Waals surface area contributed by atoms with Crippen molar-refractivity contribution >= 4 is 22.9 Å². The zero-order valence-corrected chi connectivity index (χ0v) is 12.9. The summed E-state index contributed by atoms with van der Waals surface area (Å²) < 4.78 is 0. The Morgan fingerprint density at radius 3 is 2.67 bits per heavy atom. The number of nitrogens with one attached hydrogen (secondary N) is 2. The number of rotatable bonds is 6. The molecular formula is C15H19N3O2S. The molecule has 21 heavy (non-hydrogen) atoms. The molecule has 0 saturated carbocycles. The molecule has 0 saturated heterocycles. The van der Waals surface area contributed by atoms with Crippen LogP contribution in [0.5, 0.6) is 0 Å². The van der Waals surface area contributed by atoms with Gasteiger partial charge in [-0.15, -0.1) is 11.3 Å². The Morgan fingerprint density at radius 2 is 2.10 bits per heavy atom. The molecule has 0 aliphatic heterocycles. The summed E-state index contributed by atoms with van der Waals surface area (Å²) in [4.78, 5) is 16.2. The SMILES string of the molecule is Cc1nc(C(C)Nc2ccc(C(=O)NCCO)cc2)cs1. The smallest absolute Gasteiger partial charge is 0.251 e. The van der Waals surface area contributed by atoms with Crippen LogP contribution in [0.25, 0.3) is 0 Å². The summed E-state index contributed by atoms with van der Waals surface area (Å²) in [6.45, 7) is 4.24. The molecule has 1 heterocycles. The number of aliphatic hydroxyl groups is 1. The fraction of sp³-hybridized carbons (Fsp3) is 0.333. The van der Waals surface area contributed by atoms with E-state index in [1.165, 1.54) is 0 Å². The van der Waals surface area contributed by atoms with Gasteiger partial charge in [0.25, 0.3) is 5.91 Å². The average molecular weight is 305 g/mol. The molecule has 112 valence electrons. The highest BCUT2D eigenvalue weighted by molar-refractivity contribution is 7.09. The summed E-state index contributed by atoms with van der Waals surface area (Å²) in [5.74, 6) is -0.182. The van der Waals surface area contributed by atoms with E-state index in [0.29, 0.717) is 5.56 Å². The molecule has 1 unspecified atom stereocenters. The molecule has 3 N–H and O–H groups in total. The number of aromatic nitrogens is 1. The largest absolute Gasteiger partial charge is 0.395 e. The van der Waals surface area contributed by atoms with Gasteiger partial charge >= 0.3 is 0 Å². The number of hydrogen-bond donors (Lipinski definition) is 3. The second kappa shape index (κ2) is 7.19. The van der Waals surface area contributed by atoms with Crippen LogP contribution in [0.3, 0.4) is 0 Å². The lowest BCUT2D eigenvalue weighted by Gasteiger charge is -2.13. The summed E-state index contributed by atoms with van der Waals surface area (Å²) >= 11 is 1.63. The van der Waals surface area contributed by atoms with E-state index >= 15 is 0 Å². The molecule has 0 aliphatic carbocycles. The number of carbonyl (C=O) groups is 1. The van der Waals surface area contributed by atoms with Gasteiger partial charge in [0.15, 0.2) is 0 Å². The predicted octanol–water partition coefficient (Wildman–Crippen LogP) is 2.35. The second-order valence-corrected chi connectivity index (χ2v) is 5.78. The molecule has 2 rings (SSSR count). The Hall–Kier alpha value is -1.92. The van der Waals surface area contributed by atoms with E-state index in [0.717, 1.165) is 16.4 Å². The standard InChI is InChI=1S/C15H19N3O2S/c1-10(14-9-21-11(2)18-14)17-13-5-3-12(4-6-13)15(20)16-7-8-19/h3-6,9-10,17,19H,7-8H2,1-2H3,(H,16,20). The first kappa shape index (κ1) is 15.5. The molecule has 1 atom stereocenters. The highest BCUT2D eigenvalue weighted by atomic mass is 32.1. The van der Waals surface area contributed by atoms with E-state index in [9.17, 15) is 4.79 Å². The van der Waals surface area contributed by atoms with Crippen molar-refractivity contribution in [2.75, 3.05) is 18.5 Å². The molecule has 1 aromatic heterocycles. The van der Waals surface area contributed by atoms with Crippen LogP contribution in [0.15, 0.2) is 29.6 Å². The number of nitrogens with zero attached hydrogens (tertiary/aromatic N) is 1. The summed E-state index contributed by atoms with van der Waals surface area (Å²) in [7, 11) is 0. The molecule has 0 radical (unpaired) electrons. The normalized spacial score (nSPS) is 12.0. The van der Waals surface area contributed by atoms with Gasteiger partial charge in [0.1, 0.15) is 0 Å². The Labute approximate surface area is 128 Å². The van der Waals surface area contributed by atoms with E-state index in [1.54, 1.807) is 23.5 Å². The minimum atomic E-state index is -0.182. The van der Waals surface area contributed by atoms with Gasteiger partial charge in [0.05, 0.1) is 23.4 Å². The zero-order valence-electron chi connectivity index (χ0n) is 12.1. The zero-order chi connectivity index (χ0) is 15.2. The summed E-state index contributed by atoms with van der Waals surface area (Å²) in [5.41, 5.74) is 2.53. The third-order valence-corrected chi connectivity index (χ3v) is 3.80. The first-order valence-electron chi connectivity index (χ1n) is 6.78. The number of thiazole rings is 1. The Morgan fingerprint density at radius 1 is 1.38 bits per heavy atom. The van der Waals surface area contributed by atoms with Gasteiger partial charge in [-0.1, -0.05) is 0 Å². The highest BCUT2D eigenvalue weighted by Crippen LogP contribution is 2.21. The Kier molecular flexibility index (Phi) is 5.30. The molecule has 0 aliphatic rings. The fourth-order valence-electron chi connectivity index (χ4n) is 1.89. The summed E-state index contributed by atoms with van der Waals surface area (Å²) in [6.07, 6.45) is 0. The Balaban J connectivity index is 1.97. The van der Waals surface area contributed by atoms with Crippen molar-refractivity contribution in [3.63, 3.8) is 0 Å². The van der Waals surface area contributed by atoms with Crippen LogP contribution in [-0.4, -0.2) is 29.1 Å². The third-order valence-electron chi connectivity index (χ3n) is 3.01. The highest BCUT2D eigenvalue weighted by Gasteiger charge is 2.09. The van der Waals surface area contributed by atoms with Gasteiger partial charge < -0.3 is 15.7 Å². The third kappa shape index (κ3) is 4.27. The number of carbonyl (C=O) groups excluding carboxylic acids is 1. The maximum Gasteiger partial charge on any atom is 0.251 e. The van der Waals surface area contributed by atoms with E-state index in [1.807, 2.05) is 24.4 Å². The lowest BCUT2D eigenvalue weighted by Crippen LogP contribution is -2.26. The minimum Gasteiger partial charge on any atom is -0.395 e. The molecule has 1 amide bonds. The number of benzene rings is 1. The van der Waals surface area contributed by atoms with Crippen LogP contribution in [0.1, 0.15) is 34.0 Å². The van der Waals surface area contributed by atoms with Crippen LogP contribution < -0.4 is 10.6 Å². The van der Waals surface area contributed by atoms with Crippen LogP contribution in [-0.2, 0) is 0 Å². The van der Waals surface area contributed by atoms with Crippen molar-refractivity contribution in [2.45, 2.75) is 19.9 Å². The molecule has 0 bridgehead atoms. The maximum absolute atomic E-state index is 11.7. The van der Waals surface area contributed by atoms with Crippen LogP contribution >= 0.6 is 11.3 Å². The molecule has 1 aromatic carbocycles. The quantitative estimate of drug-likeness (QED) is 0.766. The lowest BCUT2D eigenvalue weighted by molar-refractivity contribution is 0.0945. The lowest BCUT2D eigenvalue weighted by atomic mass is 10.1. The van der Waals surface area contributed by atoms with Crippen molar-refractivity contribution in [1.82, 2.24) is 10.3 Å². The van der Waals surface area contributed by atoms with Crippen molar-refractivity contribution < 1.29 is 9.90 Å². The van der Waals surface area contributed by atoms with E-state index in [-0.39, 0.29) is 25.1 Å². The fourth-order valence-corrected chi connectivity index (χ4v) is 2.60. The molecule has 5 nitrogen and oxygen atoms in total. The van der Waals surface area contributed by atoms with Gasteiger partial charge in [-0.3, -0.25) is 4.79 Å². The topological polar surface area (TPSA) is 74.2 Å². The summed E-state index contributed by atoms with van der Waals surface area (Å²) in [5, 5.41) is 17.8. The van der Waals surface area contributed by atoms with Crippen molar-refractivity contribution in [1.29, 1.82) is 0 Å². The molecule has 2 aromatic rings. The van der Waals surface area contributed by atoms with Crippen molar-refractivity contribution in [2.24, 2.45) is 0 Å². The Bertz CT molecular complexity index is 595. The summed E-state index contributed by atoms with van der Waals surface area (Å²) in [6, 6.07) is 7.36. The van der Waals surface area contributed by atoms with Gasteiger partial charge in [0.2, 0.25) is 0 Å². The minimum absolute atomic E-state index is 0.0596. The van der Waals surface area contributed by atoms with Crippen LogP contribution in [0.4, 0.5) is 5.69 Å². The number of anilines is 1. The van der Waals surface area contributed by atoms with Crippen molar-refractivity contribution in [3.05, 3.63) is 45.9 Å². The van der Waals surface area contributed by atoms with Gasteiger partial charge in [0, 0.05) is 23.2 Å². The van der Waals surface area contributed by atoms with E-state index < -0.39 is 0 Å². The van der Waals surface area contributed by atoms with Gasteiger partial charge in [-0.05, 0) is 38.1 Å². The first-order valence-corrected chi connectivity index (χ1v) is 7.66. The van der Waals surface area contributed by atoms with Gasteiger partial charge in [-0.2, -0.15) is 0 Å². The predicted molar refractivity (Wildman–Crippen MR) is 84.7 cm³/mol. The molecular weight excluding hydrogens is 286 g/mol. The maximum atomic E-state index is 11.7. The average Bonchev–Trinajstić information content (AvgIpc) is 2.92. The van der Waals surface area contributed by atoms with Crippen LogP contribution in [0, 0.1) is 6.92 Å². The van der Waals surface area contributed by atoms with Gasteiger partial charge in [-0.25, -0.2) is 4.98 Å². The molecule has 6 heteroatoms. The number of aliphatic hydroxyl groups excluding tert-OH is 1. The number of hydrogen-bond acceptors (Lipinski definition) is 5. The van der Waals surface area contributed by atoms with Crippen molar-refractivity contribution in [3.8, 4) is 0 Å². The molecule has 0 spiro atoms. The monoisotopic (exact) mass is 305 g/mol. The van der Waals surface area contributed by atoms with Crippen LogP contribution in [0.2, 0.25) is 0 Å².